The van der Waals surface area contributed by atoms with Crippen molar-refractivity contribution in [1.29, 1.82) is 0 Å². The van der Waals surface area contributed by atoms with E-state index in [1.54, 1.807) is 32.4 Å². The third-order valence-electron chi connectivity index (χ3n) is 3.70. The summed E-state index contributed by atoms with van der Waals surface area (Å²) in [4.78, 5) is 12.4. The molecular formula is C19H18N2O3. The van der Waals surface area contributed by atoms with Gasteiger partial charge in [0, 0.05) is 5.39 Å². The monoisotopic (exact) mass is 322 g/mol. The van der Waals surface area contributed by atoms with Crippen LogP contribution >= 0.6 is 0 Å². The van der Waals surface area contributed by atoms with Gasteiger partial charge in [0.1, 0.15) is 17.2 Å². The Bertz CT molecular complexity index is 850. The summed E-state index contributed by atoms with van der Waals surface area (Å²) in [6.45, 7) is 0. The van der Waals surface area contributed by atoms with Crippen LogP contribution in [-0.4, -0.2) is 20.3 Å². The van der Waals surface area contributed by atoms with Gasteiger partial charge in [-0.3, -0.25) is 0 Å². The number of carbonyl (C=O) groups is 1. The topological polar surface area (TPSA) is 59.6 Å². The minimum Gasteiger partial charge on any atom is -0.494 e. The maximum atomic E-state index is 12.4. The molecule has 0 radical (unpaired) electrons. The van der Waals surface area contributed by atoms with E-state index in [1.807, 2.05) is 42.5 Å². The normalized spacial score (nSPS) is 10.2. The van der Waals surface area contributed by atoms with Crippen LogP contribution in [0.3, 0.4) is 0 Å². The van der Waals surface area contributed by atoms with Crippen molar-refractivity contribution in [3.63, 3.8) is 0 Å². The number of hydrogen-bond acceptors (Lipinski definition) is 3. The summed E-state index contributed by atoms with van der Waals surface area (Å²) < 4.78 is 10.6. The first-order valence-electron chi connectivity index (χ1n) is 7.49. The summed E-state index contributed by atoms with van der Waals surface area (Å²) in [5, 5.41) is 7.70. The largest absolute Gasteiger partial charge is 0.494 e. The van der Waals surface area contributed by atoms with Crippen molar-refractivity contribution in [3.8, 4) is 11.5 Å². The lowest BCUT2D eigenvalue weighted by molar-refractivity contribution is 0.262. The van der Waals surface area contributed by atoms with E-state index >= 15 is 0 Å². The Labute approximate surface area is 140 Å². The highest BCUT2D eigenvalue weighted by molar-refractivity contribution is 6.07. The first-order valence-corrected chi connectivity index (χ1v) is 7.49. The lowest BCUT2D eigenvalue weighted by Crippen LogP contribution is -2.20. The van der Waals surface area contributed by atoms with Crippen LogP contribution in [0.1, 0.15) is 0 Å². The molecule has 24 heavy (non-hydrogen) atoms. The molecule has 0 aliphatic heterocycles. The van der Waals surface area contributed by atoms with E-state index in [4.69, 9.17) is 9.47 Å². The van der Waals surface area contributed by atoms with Crippen LogP contribution in [0, 0.1) is 0 Å². The smallest absolute Gasteiger partial charge is 0.323 e. The molecule has 2 N–H and O–H groups in total. The van der Waals surface area contributed by atoms with E-state index < -0.39 is 0 Å². The minimum atomic E-state index is -0.367. The lowest BCUT2D eigenvalue weighted by atomic mass is 10.1. The number of nitrogens with one attached hydrogen (secondary N) is 2. The molecule has 0 fully saturated rings. The zero-order chi connectivity index (χ0) is 16.9. The second-order valence-corrected chi connectivity index (χ2v) is 5.14. The summed E-state index contributed by atoms with van der Waals surface area (Å²) in [5.74, 6) is 1.06. The van der Waals surface area contributed by atoms with Crippen molar-refractivity contribution in [2.45, 2.75) is 0 Å². The number of benzene rings is 3. The van der Waals surface area contributed by atoms with Gasteiger partial charge in [0.25, 0.3) is 0 Å². The summed E-state index contributed by atoms with van der Waals surface area (Å²) in [6.07, 6.45) is 0. The summed E-state index contributed by atoms with van der Waals surface area (Å²) in [7, 11) is 3.09. The molecule has 0 saturated carbocycles. The van der Waals surface area contributed by atoms with E-state index in [1.165, 1.54) is 0 Å². The maximum absolute atomic E-state index is 12.4. The highest BCUT2D eigenvalue weighted by atomic mass is 16.5. The highest BCUT2D eigenvalue weighted by Gasteiger charge is 2.13. The second kappa shape index (κ2) is 6.91. The number of anilines is 2. The van der Waals surface area contributed by atoms with Crippen molar-refractivity contribution in [3.05, 3.63) is 60.7 Å². The number of rotatable bonds is 4. The van der Waals surface area contributed by atoms with Crippen molar-refractivity contribution < 1.29 is 14.3 Å². The number of para-hydroxylation sites is 1. The Morgan fingerprint density at radius 1 is 0.792 bits per heavy atom. The van der Waals surface area contributed by atoms with Crippen LogP contribution in [0.25, 0.3) is 10.8 Å². The van der Waals surface area contributed by atoms with E-state index in [0.29, 0.717) is 17.2 Å². The highest BCUT2D eigenvalue weighted by Crippen LogP contribution is 2.34. The predicted molar refractivity (Wildman–Crippen MR) is 96.1 cm³/mol. The first kappa shape index (κ1) is 15.7. The third kappa shape index (κ3) is 3.10. The molecule has 0 heterocycles. The van der Waals surface area contributed by atoms with Crippen molar-refractivity contribution >= 4 is 28.2 Å². The Kier molecular flexibility index (Phi) is 4.52. The molecule has 0 saturated heterocycles. The SMILES string of the molecule is COc1cccc(OC)c1NC(=O)Nc1cccc2ccccc12. The molecule has 0 unspecified atom stereocenters. The fourth-order valence-electron chi connectivity index (χ4n) is 2.58. The van der Waals surface area contributed by atoms with E-state index in [-0.39, 0.29) is 6.03 Å². The molecule has 5 nitrogen and oxygen atoms in total. The van der Waals surface area contributed by atoms with Gasteiger partial charge >= 0.3 is 6.03 Å². The van der Waals surface area contributed by atoms with Gasteiger partial charge in [-0.25, -0.2) is 4.79 Å². The van der Waals surface area contributed by atoms with E-state index in [9.17, 15) is 4.79 Å². The van der Waals surface area contributed by atoms with Crippen LogP contribution in [-0.2, 0) is 0 Å². The quantitative estimate of drug-likeness (QED) is 0.743. The third-order valence-corrected chi connectivity index (χ3v) is 3.70. The van der Waals surface area contributed by atoms with Gasteiger partial charge in [0.15, 0.2) is 0 Å². The molecular weight excluding hydrogens is 304 g/mol. The van der Waals surface area contributed by atoms with Crippen LogP contribution in [0.15, 0.2) is 60.7 Å². The molecule has 3 rings (SSSR count). The van der Waals surface area contributed by atoms with Gasteiger partial charge in [0.05, 0.1) is 19.9 Å². The fraction of sp³-hybridized carbons (Fsp3) is 0.105. The van der Waals surface area contributed by atoms with Crippen LogP contribution in [0.2, 0.25) is 0 Å². The molecule has 0 aromatic heterocycles. The van der Waals surface area contributed by atoms with Crippen LogP contribution < -0.4 is 20.1 Å². The number of amides is 2. The standard InChI is InChI=1S/C19H18N2O3/c1-23-16-11-6-12-17(24-2)18(16)21-19(22)20-15-10-5-8-13-7-3-4-9-14(13)15/h3-12H,1-2H3,(H2,20,21,22). The fourth-order valence-corrected chi connectivity index (χ4v) is 2.58. The van der Waals surface area contributed by atoms with Gasteiger partial charge in [-0.15, -0.1) is 0 Å². The summed E-state index contributed by atoms with van der Waals surface area (Å²) in [6, 6.07) is 18.6. The number of methoxy groups -OCH3 is 2. The molecule has 5 heteroatoms. The molecule has 2 amide bonds. The van der Waals surface area contributed by atoms with E-state index in [0.717, 1.165) is 16.5 Å². The minimum absolute atomic E-state index is 0.367. The Balaban J connectivity index is 1.86. The molecule has 0 atom stereocenters. The van der Waals surface area contributed by atoms with Crippen molar-refractivity contribution in [2.75, 3.05) is 24.9 Å². The number of ether oxygens (including phenoxy) is 2. The number of urea groups is 1. The number of fused-ring (bicyclic) bond motifs is 1. The molecule has 0 bridgehead atoms. The predicted octanol–water partition coefficient (Wildman–Crippen LogP) is 4.50. The van der Waals surface area contributed by atoms with Crippen molar-refractivity contribution in [2.24, 2.45) is 0 Å². The molecule has 122 valence electrons. The van der Waals surface area contributed by atoms with Gasteiger partial charge in [-0.2, -0.15) is 0 Å². The van der Waals surface area contributed by atoms with Crippen LogP contribution in [0.5, 0.6) is 11.5 Å². The Morgan fingerprint density at radius 2 is 1.42 bits per heavy atom. The zero-order valence-electron chi connectivity index (χ0n) is 13.5. The average Bonchev–Trinajstić information content (AvgIpc) is 2.62. The number of hydrogen-bond donors (Lipinski definition) is 2. The Hall–Kier alpha value is -3.21. The molecule has 3 aromatic rings. The first-order chi connectivity index (χ1) is 11.7. The Morgan fingerprint density at radius 3 is 2.12 bits per heavy atom. The maximum Gasteiger partial charge on any atom is 0.323 e. The lowest BCUT2D eigenvalue weighted by Gasteiger charge is -2.15. The van der Waals surface area contributed by atoms with Gasteiger partial charge in [0.2, 0.25) is 0 Å². The molecule has 0 aliphatic carbocycles. The van der Waals surface area contributed by atoms with Crippen molar-refractivity contribution in [1.82, 2.24) is 0 Å². The van der Waals surface area contributed by atoms with Gasteiger partial charge in [-0.05, 0) is 23.6 Å². The molecule has 0 aliphatic rings. The van der Waals surface area contributed by atoms with E-state index in [2.05, 4.69) is 10.6 Å². The molecule has 3 aromatic carbocycles. The second-order valence-electron chi connectivity index (χ2n) is 5.14. The average molecular weight is 322 g/mol. The zero-order valence-corrected chi connectivity index (χ0v) is 13.5. The van der Waals surface area contributed by atoms with Gasteiger partial charge < -0.3 is 20.1 Å². The number of carbonyl (C=O) groups excluding carboxylic acids is 1. The summed E-state index contributed by atoms with van der Waals surface area (Å²) >= 11 is 0. The van der Waals surface area contributed by atoms with Crippen LogP contribution in [0.4, 0.5) is 16.2 Å². The summed E-state index contributed by atoms with van der Waals surface area (Å²) in [5.41, 5.74) is 1.22. The van der Waals surface area contributed by atoms with Gasteiger partial charge in [-0.1, -0.05) is 42.5 Å². The molecule has 0 spiro atoms.